The first-order chi connectivity index (χ1) is 14.6. The lowest BCUT2D eigenvalue weighted by Gasteiger charge is -2.09. The van der Waals surface area contributed by atoms with Gasteiger partial charge in [0.1, 0.15) is 18.8 Å². The molecule has 0 aliphatic carbocycles. The molecule has 0 aliphatic rings. The Morgan fingerprint density at radius 1 is 0.900 bits per heavy atom. The Morgan fingerprint density at radius 2 is 1.60 bits per heavy atom. The summed E-state index contributed by atoms with van der Waals surface area (Å²) >= 11 is 0. The fourth-order valence-electron chi connectivity index (χ4n) is 2.66. The highest BCUT2D eigenvalue weighted by molar-refractivity contribution is 6.03. The van der Waals surface area contributed by atoms with E-state index < -0.39 is 11.8 Å². The predicted molar refractivity (Wildman–Crippen MR) is 117 cm³/mol. The molecule has 0 saturated heterocycles. The number of hydrazone groups is 1. The molecule has 2 N–H and O–H groups in total. The Morgan fingerprint density at radius 3 is 2.37 bits per heavy atom. The number of benzene rings is 3. The molecule has 0 atom stereocenters. The number of nitrogens with one attached hydrogen (secondary N) is 2. The zero-order chi connectivity index (χ0) is 21.2. The van der Waals surface area contributed by atoms with Crippen LogP contribution in [-0.2, 0) is 16.2 Å². The van der Waals surface area contributed by atoms with Crippen molar-refractivity contribution in [3.05, 3.63) is 95.6 Å². The predicted octanol–water partition coefficient (Wildman–Crippen LogP) is 4.05. The molecule has 0 saturated carbocycles. The Kier molecular flexibility index (Phi) is 7.33. The zero-order valence-electron chi connectivity index (χ0n) is 16.7. The van der Waals surface area contributed by atoms with Crippen LogP contribution in [-0.4, -0.2) is 18.0 Å². The zero-order valence-corrected chi connectivity index (χ0v) is 16.7. The smallest absolute Gasteiger partial charge is 0.249 e. The highest BCUT2D eigenvalue weighted by Gasteiger charge is 2.09. The van der Waals surface area contributed by atoms with Gasteiger partial charge in [0.25, 0.3) is 0 Å². The van der Waals surface area contributed by atoms with Crippen molar-refractivity contribution in [3.8, 4) is 5.75 Å². The van der Waals surface area contributed by atoms with Gasteiger partial charge in [-0.2, -0.15) is 5.10 Å². The van der Waals surface area contributed by atoms with Gasteiger partial charge in [-0.15, -0.1) is 0 Å². The summed E-state index contributed by atoms with van der Waals surface area (Å²) in [5.41, 5.74) is 5.88. The topological polar surface area (TPSA) is 79.8 Å². The quantitative estimate of drug-likeness (QED) is 0.339. The fourth-order valence-corrected chi connectivity index (χ4v) is 2.66. The van der Waals surface area contributed by atoms with Gasteiger partial charge in [-0.05, 0) is 36.8 Å². The van der Waals surface area contributed by atoms with Gasteiger partial charge in [0.05, 0.1) is 6.21 Å². The van der Waals surface area contributed by atoms with Crippen LogP contribution >= 0.6 is 0 Å². The average Bonchev–Trinajstić information content (AvgIpc) is 2.75. The van der Waals surface area contributed by atoms with Gasteiger partial charge in [0.15, 0.2) is 0 Å². The summed E-state index contributed by atoms with van der Waals surface area (Å²) in [5, 5.41) is 6.62. The molecule has 0 aliphatic heterocycles. The average molecular weight is 401 g/mol. The minimum absolute atomic E-state index is 0.322. The number of ether oxygens (including phenoxy) is 1. The van der Waals surface area contributed by atoms with Gasteiger partial charge >= 0.3 is 0 Å². The van der Waals surface area contributed by atoms with Crippen LogP contribution in [0.5, 0.6) is 5.75 Å². The standard InChI is InChI=1S/C24H23N3O3/c1-18-11-13-21(14-12-18)26-23(28)15-24(29)27-25-16-20-9-5-6-10-22(20)30-17-19-7-3-2-4-8-19/h2-14,16H,15,17H2,1H3,(H,26,28)(H,27,29). The first-order valence-electron chi connectivity index (χ1n) is 9.54. The molecule has 0 bridgehead atoms. The van der Waals surface area contributed by atoms with Crippen LogP contribution in [0.3, 0.4) is 0 Å². The highest BCUT2D eigenvalue weighted by atomic mass is 16.5. The lowest BCUT2D eigenvalue weighted by Crippen LogP contribution is -2.24. The lowest BCUT2D eigenvalue weighted by atomic mass is 10.2. The minimum atomic E-state index is -0.501. The maximum absolute atomic E-state index is 12.0. The number of aryl methyl sites for hydroxylation is 1. The number of hydrogen-bond donors (Lipinski definition) is 2. The Hall–Kier alpha value is -3.93. The Bertz CT molecular complexity index is 1020. The van der Waals surface area contributed by atoms with E-state index in [1.165, 1.54) is 6.21 Å². The van der Waals surface area contributed by atoms with E-state index in [-0.39, 0.29) is 6.42 Å². The SMILES string of the molecule is Cc1ccc(NC(=O)CC(=O)NN=Cc2ccccc2OCc2ccccc2)cc1. The molecular formula is C24H23N3O3. The Labute approximate surface area is 175 Å². The molecule has 3 aromatic carbocycles. The van der Waals surface area contributed by atoms with Gasteiger partial charge in [-0.1, -0.05) is 60.2 Å². The molecular weight excluding hydrogens is 378 g/mol. The van der Waals surface area contributed by atoms with Crippen LogP contribution < -0.4 is 15.5 Å². The summed E-state index contributed by atoms with van der Waals surface area (Å²) in [6.45, 7) is 2.39. The van der Waals surface area contributed by atoms with Crippen LogP contribution in [0.2, 0.25) is 0 Å². The third-order valence-electron chi connectivity index (χ3n) is 4.21. The molecule has 0 spiro atoms. The van der Waals surface area contributed by atoms with Crippen molar-refractivity contribution >= 4 is 23.7 Å². The molecule has 0 aromatic heterocycles. The van der Waals surface area contributed by atoms with E-state index in [1.54, 1.807) is 12.1 Å². The number of anilines is 1. The number of amides is 2. The maximum Gasteiger partial charge on any atom is 0.249 e. The van der Waals surface area contributed by atoms with Crippen molar-refractivity contribution in [2.45, 2.75) is 20.0 Å². The second kappa shape index (κ2) is 10.6. The number of carbonyl (C=O) groups is 2. The number of hydrogen-bond acceptors (Lipinski definition) is 4. The van der Waals surface area contributed by atoms with E-state index in [1.807, 2.05) is 73.7 Å². The number of para-hydroxylation sites is 1. The van der Waals surface area contributed by atoms with Crippen LogP contribution in [0, 0.1) is 6.92 Å². The van der Waals surface area contributed by atoms with Crippen molar-refractivity contribution in [2.75, 3.05) is 5.32 Å². The van der Waals surface area contributed by atoms with Crippen LogP contribution in [0.25, 0.3) is 0 Å². The van der Waals surface area contributed by atoms with E-state index in [4.69, 9.17) is 4.74 Å². The van der Waals surface area contributed by atoms with E-state index in [9.17, 15) is 9.59 Å². The maximum atomic E-state index is 12.0. The fraction of sp³-hybridized carbons (Fsp3) is 0.125. The molecule has 3 rings (SSSR count). The highest BCUT2D eigenvalue weighted by Crippen LogP contribution is 2.17. The molecule has 2 amide bonds. The molecule has 0 fully saturated rings. The summed E-state index contributed by atoms with van der Waals surface area (Å²) in [6, 6.07) is 24.6. The van der Waals surface area contributed by atoms with Crippen molar-refractivity contribution in [3.63, 3.8) is 0 Å². The van der Waals surface area contributed by atoms with Gasteiger partial charge in [0, 0.05) is 11.3 Å². The van der Waals surface area contributed by atoms with E-state index in [0.717, 1.165) is 16.7 Å². The van der Waals surface area contributed by atoms with Crippen LogP contribution in [0.4, 0.5) is 5.69 Å². The summed E-state index contributed by atoms with van der Waals surface area (Å²) < 4.78 is 5.85. The Balaban J connectivity index is 1.50. The third kappa shape index (κ3) is 6.60. The van der Waals surface area contributed by atoms with Gasteiger partial charge in [0.2, 0.25) is 11.8 Å². The first-order valence-corrected chi connectivity index (χ1v) is 9.54. The van der Waals surface area contributed by atoms with Crippen molar-refractivity contribution in [2.24, 2.45) is 5.10 Å². The van der Waals surface area contributed by atoms with Gasteiger partial charge in [-0.25, -0.2) is 5.43 Å². The molecule has 0 radical (unpaired) electrons. The van der Waals surface area contributed by atoms with E-state index in [0.29, 0.717) is 18.0 Å². The molecule has 6 nitrogen and oxygen atoms in total. The minimum Gasteiger partial charge on any atom is -0.488 e. The van der Waals surface area contributed by atoms with E-state index in [2.05, 4.69) is 15.8 Å². The third-order valence-corrected chi connectivity index (χ3v) is 4.21. The molecule has 6 heteroatoms. The number of carbonyl (C=O) groups excluding carboxylic acids is 2. The molecule has 0 heterocycles. The van der Waals surface area contributed by atoms with Gasteiger partial charge < -0.3 is 10.1 Å². The second-order valence-electron chi connectivity index (χ2n) is 6.70. The summed E-state index contributed by atoms with van der Waals surface area (Å²) in [7, 11) is 0. The van der Waals surface area contributed by atoms with Crippen LogP contribution in [0.1, 0.15) is 23.1 Å². The van der Waals surface area contributed by atoms with E-state index >= 15 is 0 Å². The number of rotatable bonds is 8. The number of nitrogens with zero attached hydrogens (tertiary/aromatic N) is 1. The summed E-state index contributed by atoms with van der Waals surface area (Å²) in [5.74, 6) is -0.256. The van der Waals surface area contributed by atoms with Crippen molar-refractivity contribution in [1.82, 2.24) is 5.43 Å². The molecule has 3 aromatic rings. The van der Waals surface area contributed by atoms with Crippen LogP contribution in [0.15, 0.2) is 84.0 Å². The first kappa shape index (κ1) is 20.8. The lowest BCUT2D eigenvalue weighted by molar-refractivity contribution is -0.126. The van der Waals surface area contributed by atoms with Crippen molar-refractivity contribution < 1.29 is 14.3 Å². The van der Waals surface area contributed by atoms with Gasteiger partial charge in [-0.3, -0.25) is 9.59 Å². The monoisotopic (exact) mass is 401 g/mol. The van der Waals surface area contributed by atoms with Crippen molar-refractivity contribution in [1.29, 1.82) is 0 Å². The molecule has 152 valence electrons. The normalized spacial score (nSPS) is 10.6. The molecule has 30 heavy (non-hydrogen) atoms. The summed E-state index contributed by atoms with van der Waals surface area (Å²) in [6.07, 6.45) is 1.17. The largest absolute Gasteiger partial charge is 0.488 e. The molecule has 0 unspecified atom stereocenters. The second-order valence-corrected chi connectivity index (χ2v) is 6.70. The summed E-state index contributed by atoms with van der Waals surface area (Å²) in [4.78, 5) is 23.9.